The lowest BCUT2D eigenvalue weighted by atomic mass is 10.2. The van der Waals surface area contributed by atoms with Crippen LogP contribution in [0, 0.1) is 0 Å². The van der Waals surface area contributed by atoms with E-state index >= 15 is 0 Å². The topological polar surface area (TPSA) is 78.4 Å². The molecule has 0 saturated carbocycles. The average Bonchev–Trinajstić information content (AvgIpc) is 2.14. The summed E-state index contributed by atoms with van der Waals surface area (Å²) < 4.78 is 0. The Morgan fingerprint density at radius 2 is 2.21 bits per heavy atom. The van der Waals surface area contributed by atoms with E-state index in [0.717, 1.165) is 0 Å². The van der Waals surface area contributed by atoms with Crippen LogP contribution >= 0.6 is 0 Å². The largest absolute Gasteiger partial charge is 0.480 e. The molecular formula is C9H16N2O3. The van der Waals surface area contributed by atoms with Crippen molar-refractivity contribution < 1.29 is 14.7 Å². The minimum Gasteiger partial charge on any atom is -0.480 e. The minimum atomic E-state index is -1.01. The molecule has 0 aromatic rings. The first-order valence-electron chi connectivity index (χ1n) is 4.45. The second-order valence-electron chi connectivity index (χ2n) is 2.79. The number of carbonyl (C=O) groups excluding carboxylic acids is 1. The van der Waals surface area contributed by atoms with E-state index in [1.54, 1.807) is 13.0 Å². The molecule has 0 aliphatic heterocycles. The molecule has 0 aromatic heterocycles. The summed E-state index contributed by atoms with van der Waals surface area (Å²) >= 11 is 0. The molecule has 0 spiro atoms. The Morgan fingerprint density at radius 1 is 1.57 bits per heavy atom. The van der Waals surface area contributed by atoms with Crippen molar-refractivity contribution in [1.82, 2.24) is 10.6 Å². The fourth-order valence-electron chi connectivity index (χ4n) is 0.872. The molecule has 80 valence electrons. The molecule has 14 heavy (non-hydrogen) atoms. The second-order valence-corrected chi connectivity index (χ2v) is 2.79. The SMILES string of the molecule is C=CCNCC(=O)NC(CC)C(=O)O. The highest BCUT2D eigenvalue weighted by atomic mass is 16.4. The van der Waals surface area contributed by atoms with E-state index in [4.69, 9.17) is 5.11 Å². The Bertz CT molecular complexity index is 216. The van der Waals surface area contributed by atoms with Crippen LogP contribution < -0.4 is 10.6 Å². The van der Waals surface area contributed by atoms with Crippen molar-refractivity contribution in [2.75, 3.05) is 13.1 Å². The molecule has 3 N–H and O–H groups in total. The van der Waals surface area contributed by atoms with Crippen LogP contribution in [-0.2, 0) is 9.59 Å². The third kappa shape index (κ3) is 5.31. The van der Waals surface area contributed by atoms with Gasteiger partial charge in [0.15, 0.2) is 0 Å². The fourth-order valence-corrected chi connectivity index (χ4v) is 0.872. The monoisotopic (exact) mass is 200 g/mol. The maximum atomic E-state index is 11.1. The van der Waals surface area contributed by atoms with Crippen LogP contribution in [0.15, 0.2) is 12.7 Å². The maximum absolute atomic E-state index is 11.1. The second kappa shape index (κ2) is 7.08. The zero-order valence-corrected chi connectivity index (χ0v) is 8.25. The molecule has 0 aliphatic carbocycles. The summed E-state index contributed by atoms with van der Waals surface area (Å²) in [5, 5.41) is 13.8. The first-order valence-corrected chi connectivity index (χ1v) is 4.45. The Hall–Kier alpha value is -1.36. The molecule has 0 fully saturated rings. The van der Waals surface area contributed by atoms with Gasteiger partial charge in [-0.3, -0.25) is 4.79 Å². The lowest BCUT2D eigenvalue weighted by Gasteiger charge is -2.11. The summed E-state index contributed by atoms with van der Waals surface area (Å²) in [5.41, 5.74) is 0. The first-order chi connectivity index (χ1) is 6.61. The number of carbonyl (C=O) groups is 2. The summed E-state index contributed by atoms with van der Waals surface area (Å²) in [6.45, 7) is 5.81. The highest BCUT2D eigenvalue weighted by molar-refractivity contribution is 5.84. The van der Waals surface area contributed by atoms with Crippen molar-refractivity contribution >= 4 is 11.9 Å². The molecule has 0 saturated heterocycles. The van der Waals surface area contributed by atoms with Crippen LogP contribution in [-0.4, -0.2) is 36.1 Å². The van der Waals surface area contributed by atoms with Gasteiger partial charge in [0, 0.05) is 6.54 Å². The Kier molecular flexibility index (Phi) is 6.39. The van der Waals surface area contributed by atoms with Crippen molar-refractivity contribution in [3.63, 3.8) is 0 Å². The quantitative estimate of drug-likeness (QED) is 0.391. The third-order valence-corrected chi connectivity index (χ3v) is 1.62. The van der Waals surface area contributed by atoms with Gasteiger partial charge < -0.3 is 15.7 Å². The van der Waals surface area contributed by atoms with E-state index in [0.29, 0.717) is 13.0 Å². The first kappa shape index (κ1) is 12.6. The maximum Gasteiger partial charge on any atom is 0.326 e. The van der Waals surface area contributed by atoms with Crippen LogP contribution in [0.5, 0.6) is 0 Å². The van der Waals surface area contributed by atoms with Gasteiger partial charge in [-0.1, -0.05) is 13.0 Å². The minimum absolute atomic E-state index is 0.107. The van der Waals surface area contributed by atoms with Crippen LogP contribution in [0.1, 0.15) is 13.3 Å². The fraction of sp³-hybridized carbons (Fsp3) is 0.556. The Labute approximate surface area is 83.2 Å². The summed E-state index contributed by atoms with van der Waals surface area (Å²) in [6.07, 6.45) is 2.00. The standard InChI is InChI=1S/C9H16N2O3/c1-3-5-10-6-8(12)11-7(4-2)9(13)14/h3,7,10H,1,4-6H2,2H3,(H,11,12)(H,13,14). The van der Waals surface area contributed by atoms with Gasteiger partial charge in [-0.15, -0.1) is 6.58 Å². The van der Waals surface area contributed by atoms with Gasteiger partial charge >= 0.3 is 5.97 Å². The van der Waals surface area contributed by atoms with Gasteiger partial charge in [-0.25, -0.2) is 4.79 Å². The van der Waals surface area contributed by atoms with Crippen LogP contribution in [0.3, 0.4) is 0 Å². The normalized spacial score (nSPS) is 11.8. The predicted octanol–water partition coefficient (Wildman–Crippen LogP) is -0.259. The zero-order chi connectivity index (χ0) is 11.0. The lowest BCUT2D eigenvalue weighted by Crippen LogP contribution is -2.44. The van der Waals surface area contributed by atoms with E-state index in [-0.39, 0.29) is 12.5 Å². The lowest BCUT2D eigenvalue weighted by molar-refractivity contribution is -0.141. The van der Waals surface area contributed by atoms with Crippen LogP contribution in [0.25, 0.3) is 0 Å². The summed E-state index contributed by atoms with van der Waals surface area (Å²) in [4.78, 5) is 21.7. The average molecular weight is 200 g/mol. The van der Waals surface area contributed by atoms with Crippen LogP contribution in [0.4, 0.5) is 0 Å². The number of nitrogens with one attached hydrogen (secondary N) is 2. The van der Waals surface area contributed by atoms with Crippen molar-refractivity contribution in [3.05, 3.63) is 12.7 Å². The number of rotatable bonds is 7. The van der Waals surface area contributed by atoms with E-state index in [9.17, 15) is 9.59 Å². The predicted molar refractivity (Wildman–Crippen MR) is 52.9 cm³/mol. The number of hydrogen-bond acceptors (Lipinski definition) is 3. The number of amides is 1. The van der Waals surface area contributed by atoms with Gasteiger partial charge in [0.05, 0.1) is 6.54 Å². The summed E-state index contributed by atoms with van der Waals surface area (Å²) in [5.74, 6) is -1.33. The van der Waals surface area contributed by atoms with Crippen molar-refractivity contribution in [2.45, 2.75) is 19.4 Å². The van der Waals surface area contributed by atoms with Crippen LogP contribution in [0.2, 0.25) is 0 Å². The Balaban J connectivity index is 3.79. The molecule has 0 aliphatic rings. The molecule has 1 amide bonds. The van der Waals surface area contributed by atoms with Crippen molar-refractivity contribution in [2.24, 2.45) is 0 Å². The highest BCUT2D eigenvalue weighted by Gasteiger charge is 2.16. The van der Waals surface area contributed by atoms with Gasteiger partial charge in [0.2, 0.25) is 5.91 Å². The molecule has 1 atom stereocenters. The summed E-state index contributed by atoms with van der Waals surface area (Å²) in [6, 6.07) is -0.798. The van der Waals surface area contributed by atoms with E-state index < -0.39 is 12.0 Å². The van der Waals surface area contributed by atoms with Gasteiger partial charge in [0.25, 0.3) is 0 Å². The number of hydrogen-bond donors (Lipinski definition) is 3. The number of aliphatic carboxylic acids is 1. The van der Waals surface area contributed by atoms with Crippen molar-refractivity contribution in [3.8, 4) is 0 Å². The zero-order valence-electron chi connectivity index (χ0n) is 8.25. The molecule has 5 heteroatoms. The van der Waals surface area contributed by atoms with E-state index in [1.807, 2.05) is 0 Å². The smallest absolute Gasteiger partial charge is 0.326 e. The van der Waals surface area contributed by atoms with E-state index in [1.165, 1.54) is 0 Å². The molecule has 0 radical (unpaired) electrons. The molecule has 0 bridgehead atoms. The number of carboxylic acids is 1. The number of carboxylic acid groups (broad SMARTS) is 1. The molecule has 0 heterocycles. The van der Waals surface area contributed by atoms with Gasteiger partial charge in [0.1, 0.15) is 6.04 Å². The van der Waals surface area contributed by atoms with E-state index in [2.05, 4.69) is 17.2 Å². The third-order valence-electron chi connectivity index (χ3n) is 1.62. The summed E-state index contributed by atoms with van der Waals surface area (Å²) in [7, 11) is 0. The molecular weight excluding hydrogens is 184 g/mol. The molecule has 5 nitrogen and oxygen atoms in total. The molecule has 0 aromatic carbocycles. The molecule has 0 rings (SSSR count). The molecule has 1 unspecified atom stereocenters. The van der Waals surface area contributed by atoms with Gasteiger partial charge in [-0.05, 0) is 6.42 Å². The van der Waals surface area contributed by atoms with Crippen molar-refractivity contribution in [1.29, 1.82) is 0 Å². The highest BCUT2D eigenvalue weighted by Crippen LogP contribution is 1.89. The van der Waals surface area contributed by atoms with Gasteiger partial charge in [-0.2, -0.15) is 0 Å². The Morgan fingerprint density at radius 3 is 2.64 bits per heavy atom.